The Labute approximate surface area is 144 Å². The summed E-state index contributed by atoms with van der Waals surface area (Å²) in [5.41, 5.74) is 2.89. The molecule has 122 valence electrons. The highest BCUT2D eigenvalue weighted by Gasteiger charge is 2.21. The van der Waals surface area contributed by atoms with Crippen molar-refractivity contribution in [3.05, 3.63) is 47.1 Å². The minimum atomic E-state index is 0.0341. The second kappa shape index (κ2) is 5.91. The molecule has 0 unspecified atom stereocenters. The van der Waals surface area contributed by atoms with Gasteiger partial charge in [-0.25, -0.2) is 9.97 Å². The quantitative estimate of drug-likeness (QED) is 0.717. The van der Waals surface area contributed by atoms with E-state index in [9.17, 15) is 4.79 Å². The summed E-state index contributed by atoms with van der Waals surface area (Å²) in [6.07, 6.45) is 3.78. The van der Waals surface area contributed by atoms with Crippen molar-refractivity contribution in [1.82, 2.24) is 19.4 Å². The molecule has 2 aromatic heterocycles. The number of aryl methyl sites for hydroxylation is 1. The number of imidazole rings is 1. The third-order valence-corrected chi connectivity index (χ3v) is 4.79. The van der Waals surface area contributed by atoms with Crippen LogP contribution in [0.25, 0.3) is 22.6 Å². The number of carbonyl (C=O) groups excluding carboxylic acids is 1. The van der Waals surface area contributed by atoms with Gasteiger partial charge >= 0.3 is 0 Å². The van der Waals surface area contributed by atoms with Gasteiger partial charge in [0.1, 0.15) is 11.3 Å². The van der Waals surface area contributed by atoms with Crippen LogP contribution in [0.5, 0.6) is 0 Å². The van der Waals surface area contributed by atoms with Crippen LogP contribution in [0, 0.1) is 0 Å². The first kappa shape index (κ1) is 15.1. The van der Waals surface area contributed by atoms with Gasteiger partial charge in [-0.05, 0) is 31.0 Å². The number of amides is 1. The maximum absolute atomic E-state index is 12.5. The highest BCUT2D eigenvalue weighted by atomic mass is 35.5. The van der Waals surface area contributed by atoms with E-state index in [1.165, 1.54) is 0 Å². The van der Waals surface area contributed by atoms with Crippen LogP contribution in [0.2, 0.25) is 5.02 Å². The topological polar surface area (TPSA) is 51.0 Å². The SMILES string of the molecule is Cn1c(-c2ccccc2Cl)nc2cc(C(=O)N3CCCC3)cnc21. The van der Waals surface area contributed by atoms with Gasteiger partial charge in [0.05, 0.1) is 10.6 Å². The lowest BCUT2D eigenvalue weighted by molar-refractivity contribution is 0.0792. The highest BCUT2D eigenvalue weighted by molar-refractivity contribution is 6.33. The van der Waals surface area contributed by atoms with Gasteiger partial charge in [-0.2, -0.15) is 0 Å². The van der Waals surface area contributed by atoms with Crippen LogP contribution in [0.15, 0.2) is 36.5 Å². The predicted molar refractivity (Wildman–Crippen MR) is 94.1 cm³/mol. The number of hydrogen-bond acceptors (Lipinski definition) is 3. The average Bonchev–Trinajstić information content (AvgIpc) is 3.23. The Morgan fingerprint density at radius 3 is 2.71 bits per heavy atom. The van der Waals surface area contributed by atoms with Crippen molar-refractivity contribution < 1.29 is 4.79 Å². The molecule has 0 atom stereocenters. The van der Waals surface area contributed by atoms with E-state index >= 15 is 0 Å². The molecule has 0 aliphatic carbocycles. The molecule has 3 heterocycles. The van der Waals surface area contributed by atoms with Crippen LogP contribution in [0.1, 0.15) is 23.2 Å². The number of pyridine rings is 1. The molecule has 0 saturated carbocycles. The Balaban J connectivity index is 1.78. The van der Waals surface area contributed by atoms with Gasteiger partial charge in [-0.15, -0.1) is 0 Å². The van der Waals surface area contributed by atoms with Crippen LogP contribution in [0.3, 0.4) is 0 Å². The Hall–Kier alpha value is -2.40. The average molecular weight is 341 g/mol. The van der Waals surface area contributed by atoms with E-state index in [2.05, 4.69) is 9.97 Å². The molecule has 1 fully saturated rings. The standard InChI is InChI=1S/C18H17ClN4O/c1-22-16(13-6-2-3-7-14(13)19)21-15-10-12(11-20-17(15)22)18(24)23-8-4-5-9-23/h2-3,6-7,10-11H,4-5,8-9H2,1H3. The van der Waals surface area contributed by atoms with Gasteiger partial charge < -0.3 is 9.47 Å². The molecular weight excluding hydrogens is 324 g/mol. The van der Waals surface area contributed by atoms with Crippen LogP contribution >= 0.6 is 11.6 Å². The van der Waals surface area contributed by atoms with Crippen molar-refractivity contribution in [2.75, 3.05) is 13.1 Å². The normalized spacial score (nSPS) is 14.5. The molecular formula is C18H17ClN4O. The lowest BCUT2D eigenvalue weighted by atomic mass is 10.2. The molecule has 4 rings (SSSR count). The van der Waals surface area contributed by atoms with Crippen LogP contribution in [-0.2, 0) is 7.05 Å². The Morgan fingerprint density at radius 2 is 1.96 bits per heavy atom. The molecule has 1 saturated heterocycles. The third-order valence-electron chi connectivity index (χ3n) is 4.46. The van der Waals surface area contributed by atoms with E-state index in [0.29, 0.717) is 16.1 Å². The number of carbonyl (C=O) groups is 1. The van der Waals surface area contributed by atoms with Gasteiger partial charge in [-0.1, -0.05) is 23.7 Å². The minimum Gasteiger partial charge on any atom is -0.339 e. The molecule has 1 aliphatic rings. The molecule has 1 amide bonds. The first-order chi connectivity index (χ1) is 11.6. The number of halogens is 1. The van der Waals surface area contributed by atoms with Crippen molar-refractivity contribution >= 4 is 28.7 Å². The first-order valence-electron chi connectivity index (χ1n) is 8.02. The summed E-state index contributed by atoms with van der Waals surface area (Å²) in [5.74, 6) is 0.778. The van der Waals surface area contributed by atoms with Crippen LogP contribution in [0.4, 0.5) is 0 Å². The summed E-state index contributed by atoms with van der Waals surface area (Å²) in [4.78, 5) is 23.5. The lowest BCUT2D eigenvalue weighted by Crippen LogP contribution is -2.27. The predicted octanol–water partition coefficient (Wildman–Crippen LogP) is 3.52. The monoisotopic (exact) mass is 340 g/mol. The third kappa shape index (κ3) is 2.45. The molecule has 0 radical (unpaired) electrons. The molecule has 0 bridgehead atoms. The van der Waals surface area contributed by atoms with Gasteiger partial charge in [0.15, 0.2) is 5.65 Å². The minimum absolute atomic E-state index is 0.0341. The van der Waals surface area contributed by atoms with Crippen molar-refractivity contribution in [2.24, 2.45) is 7.05 Å². The maximum atomic E-state index is 12.5. The Morgan fingerprint density at radius 1 is 1.21 bits per heavy atom. The van der Waals surface area contributed by atoms with E-state index in [-0.39, 0.29) is 5.91 Å². The fourth-order valence-corrected chi connectivity index (χ4v) is 3.40. The van der Waals surface area contributed by atoms with Gasteiger partial charge in [0.2, 0.25) is 0 Å². The summed E-state index contributed by atoms with van der Waals surface area (Å²) < 4.78 is 1.90. The molecule has 1 aromatic carbocycles. The Bertz CT molecular complexity index is 928. The number of benzene rings is 1. The zero-order valence-electron chi connectivity index (χ0n) is 13.4. The summed E-state index contributed by atoms with van der Waals surface area (Å²) >= 11 is 6.29. The van der Waals surface area contributed by atoms with E-state index in [1.54, 1.807) is 6.20 Å². The smallest absolute Gasteiger partial charge is 0.255 e. The second-order valence-corrected chi connectivity index (χ2v) is 6.45. The molecule has 6 heteroatoms. The lowest BCUT2D eigenvalue weighted by Gasteiger charge is -2.14. The number of nitrogens with zero attached hydrogens (tertiary/aromatic N) is 4. The summed E-state index contributed by atoms with van der Waals surface area (Å²) in [7, 11) is 1.91. The van der Waals surface area contributed by atoms with Gasteiger partial charge in [-0.3, -0.25) is 4.79 Å². The van der Waals surface area contributed by atoms with Crippen molar-refractivity contribution in [3.8, 4) is 11.4 Å². The van der Waals surface area contributed by atoms with E-state index in [0.717, 1.165) is 43.0 Å². The maximum Gasteiger partial charge on any atom is 0.255 e. The number of fused-ring (bicyclic) bond motifs is 1. The van der Waals surface area contributed by atoms with Crippen molar-refractivity contribution in [1.29, 1.82) is 0 Å². The van der Waals surface area contributed by atoms with Crippen molar-refractivity contribution in [3.63, 3.8) is 0 Å². The Kier molecular flexibility index (Phi) is 3.73. The highest BCUT2D eigenvalue weighted by Crippen LogP contribution is 2.29. The molecule has 24 heavy (non-hydrogen) atoms. The molecule has 3 aromatic rings. The molecule has 0 spiro atoms. The zero-order valence-corrected chi connectivity index (χ0v) is 14.1. The fraction of sp³-hybridized carbons (Fsp3) is 0.278. The second-order valence-electron chi connectivity index (χ2n) is 6.04. The zero-order chi connectivity index (χ0) is 16.7. The van der Waals surface area contributed by atoms with E-state index < -0.39 is 0 Å². The molecule has 0 N–H and O–H groups in total. The number of hydrogen-bond donors (Lipinski definition) is 0. The first-order valence-corrected chi connectivity index (χ1v) is 8.39. The van der Waals surface area contributed by atoms with E-state index in [1.807, 2.05) is 46.8 Å². The molecule has 5 nitrogen and oxygen atoms in total. The van der Waals surface area contributed by atoms with Gasteiger partial charge in [0, 0.05) is 31.9 Å². The van der Waals surface area contributed by atoms with Crippen LogP contribution in [-0.4, -0.2) is 38.4 Å². The fourth-order valence-electron chi connectivity index (χ4n) is 3.18. The molecule has 1 aliphatic heterocycles. The number of aromatic nitrogens is 3. The summed E-state index contributed by atoms with van der Waals surface area (Å²) in [6.45, 7) is 1.65. The summed E-state index contributed by atoms with van der Waals surface area (Å²) in [6, 6.07) is 9.41. The van der Waals surface area contributed by atoms with E-state index in [4.69, 9.17) is 11.6 Å². The summed E-state index contributed by atoms with van der Waals surface area (Å²) in [5, 5.41) is 0.643. The van der Waals surface area contributed by atoms with Gasteiger partial charge in [0.25, 0.3) is 5.91 Å². The van der Waals surface area contributed by atoms with Crippen LogP contribution < -0.4 is 0 Å². The number of likely N-dealkylation sites (tertiary alicyclic amines) is 1. The largest absolute Gasteiger partial charge is 0.339 e. The van der Waals surface area contributed by atoms with Crippen molar-refractivity contribution in [2.45, 2.75) is 12.8 Å². The number of rotatable bonds is 2.